The lowest BCUT2D eigenvalue weighted by Crippen LogP contribution is -2.37. The predicted molar refractivity (Wildman–Crippen MR) is 122 cm³/mol. The molecule has 0 aliphatic carbocycles. The van der Waals surface area contributed by atoms with Crippen LogP contribution in [0.25, 0.3) is 0 Å². The van der Waals surface area contributed by atoms with Crippen molar-refractivity contribution in [3.8, 4) is 5.75 Å². The Labute approximate surface area is 194 Å². The molecule has 0 aromatic heterocycles. The van der Waals surface area contributed by atoms with Crippen LogP contribution in [0.3, 0.4) is 0 Å². The topological polar surface area (TPSA) is 59.1 Å². The van der Waals surface area contributed by atoms with E-state index in [0.717, 1.165) is 16.2 Å². The number of methoxy groups -OCH3 is 1. The van der Waals surface area contributed by atoms with Gasteiger partial charge in [-0.05, 0) is 48.0 Å². The van der Waals surface area contributed by atoms with Crippen LogP contribution in [-0.2, 0) is 14.4 Å². The predicted octanol–water partition coefficient (Wildman–Crippen LogP) is 5.05. The van der Waals surface area contributed by atoms with Crippen molar-refractivity contribution in [1.29, 1.82) is 0 Å². The van der Waals surface area contributed by atoms with Crippen LogP contribution in [0.2, 0.25) is 10.0 Å². The number of carbonyl (C=O) groups excluding carboxylic acids is 2. The molecule has 2 fully saturated rings. The molecule has 2 aliphatic rings. The van der Waals surface area contributed by atoms with E-state index in [4.69, 9.17) is 32.8 Å². The number of para-hydroxylation sites is 1. The Morgan fingerprint density at radius 2 is 1.62 bits per heavy atom. The molecule has 0 bridgehead atoms. The van der Waals surface area contributed by atoms with Crippen molar-refractivity contribution in [2.45, 2.75) is 12.1 Å². The van der Waals surface area contributed by atoms with Gasteiger partial charge in [-0.15, -0.1) is 0 Å². The van der Waals surface area contributed by atoms with E-state index in [0.29, 0.717) is 16.5 Å². The first-order valence-corrected chi connectivity index (χ1v) is 10.7. The number of ether oxygens (including phenoxy) is 1. The molecular formula is C24H18Cl2N2O4. The first kappa shape index (κ1) is 20.8. The maximum atomic E-state index is 13.6. The van der Waals surface area contributed by atoms with E-state index >= 15 is 0 Å². The van der Waals surface area contributed by atoms with Gasteiger partial charge in [-0.25, -0.2) is 9.96 Å². The fourth-order valence-electron chi connectivity index (χ4n) is 4.26. The molecule has 3 atom stereocenters. The van der Waals surface area contributed by atoms with Gasteiger partial charge in [-0.1, -0.05) is 53.5 Å². The van der Waals surface area contributed by atoms with Gasteiger partial charge < -0.3 is 4.74 Å². The van der Waals surface area contributed by atoms with E-state index in [1.807, 2.05) is 54.6 Å². The highest BCUT2D eigenvalue weighted by molar-refractivity contribution is 6.42. The van der Waals surface area contributed by atoms with Gasteiger partial charge in [0, 0.05) is 0 Å². The van der Waals surface area contributed by atoms with Gasteiger partial charge in [0.25, 0.3) is 5.91 Å². The van der Waals surface area contributed by atoms with Crippen LogP contribution in [0, 0.1) is 5.92 Å². The van der Waals surface area contributed by atoms with E-state index in [9.17, 15) is 9.59 Å². The zero-order valence-electron chi connectivity index (χ0n) is 16.9. The normalized spacial score (nSPS) is 22.4. The van der Waals surface area contributed by atoms with Crippen LogP contribution in [0.15, 0.2) is 72.8 Å². The lowest BCUT2D eigenvalue weighted by molar-refractivity contribution is -0.126. The second kappa shape index (κ2) is 8.13. The molecule has 3 aromatic rings. The number of rotatable bonds is 4. The van der Waals surface area contributed by atoms with Crippen molar-refractivity contribution in [2.24, 2.45) is 5.92 Å². The third-order valence-electron chi connectivity index (χ3n) is 5.72. The van der Waals surface area contributed by atoms with Gasteiger partial charge in [-0.3, -0.25) is 14.4 Å². The molecule has 2 aliphatic heterocycles. The summed E-state index contributed by atoms with van der Waals surface area (Å²) in [5.74, 6) is -0.893. The minimum absolute atomic E-state index is 0.262. The van der Waals surface area contributed by atoms with Crippen LogP contribution in [0.1, 0.15) is 11.6 Å². The molecule has 0 radical (unpaired) electrons. The van der Waals surface area contributed by atoms with Crippen molar-refractivity contribution < 1.29 is 19.2 Å². The lowest BCUT2D eigenvalue weighted by atomic mass is 9.90. The molecule has 5 rings (SSSR count). The molecule has 0 saturated carbocycles. The summed E-state index contributed by atoms with van der Waals surface area (Å²) in [4.78, 5) is 34.2. The first-order chi connectivity index (χ1) is 15.5. The summed E-state index contributed by atoms with van der Waals surface area (Å²) in [6.45, 7) is 0. The Kier molecular flexibility index (Phi) is 5.29. The molecule has 32 heavy (non-hydrogen) atoms. The van der Waals surface area contributed by atoms with E-state index in [1.165, 1.54) is 6.07 Å². The summed E-state index contributed by atoms with van der Waals surface area (Å²) in [6, 6.07) is 21.0. The number of hydroxylamine groups is 1. The molecule has 2 heterocycles. The fourth-order valence-corrected chi connectivity index (χ4v) is 4.55. The third kappa shape index (κ3) is 3.32. The van der Waals surface area contributed by atoms with Gasteiger partial charge in [0.2, 0.25) is 5.91 Å². The summed E-state index contributed by atoms with van der Waals surface area (Å²) >= 11 is 12.1. The molecule has 162 valence electrons. The van der Waals surface area contributed by atoms with Crippen molar-refractivity contribution in [3.05, 3.63) is 88.4 Å². The SMILES string of the molecule is COc1cccc(C2C3C(=O)N(c4ccc(Cl)c(Cl)c4)C(=O)C3ON2c2ccccc2)c1. The average Bonchev–Trinajstić information content (AvgIpc) is 3.32. The second-order valence-corrected chi connectivity index (χ2v) is 8.36. The maximum Gasteiger partial charge on any atom is 0.266 e. The number of carbonyl (C=O) groups is 2. The van der Waals surface area contributed by atoms with Crippen molar-refractivity contribution in [1.82, 2.24) is 0 Å². The quantitative estimate of drug-likeness (QED) is 0.501. The number of hydrogen-bond acceptors (Lipinski definition) is 5. The standard InChI is InChI=1S/C24H18Cl2N2O4/c1-31-17-9-5-6-14(12-17)21-20-22(32-28(21)15-7-3-2-4-8-15)24(30)27(23(20)29)16-10-11-18(25)19(26)13-16/h2-13,20-22H,1H3. The number of anilines is 2. The van der Waals surface area contributed by atoms with Gasteiger partial charge in [-0.2, -0.15) is 0 Å². The first-order valence-electron chi connectivity index (χ1n) is 9.97. The number of benzene rings is 3. The Hall–Kier alpha value is -3.06. The smallest absolute Gasteiger partial charge is 0.266 e. The Balaban J connectivity index is 1.59. The highest BCUT2D eigenvalue weighted by atomic mass is 35.5. The van der Waals surface area contributed by atoms with Gasteiger partial charge in [0.05, 0.1) is 34.6 Å². The number of imide groups is 1. The van der Waals surface area contributed by atoms with Crippen LogP contribution in [-0.4, -0.2) is 25.0 Å². The Morgan fingerprint density at radius 3 is 2.34 bits per heavy atom. The van der Waals surface area contributed by atoms with Gasteiger partial charge in [0.15, 0.2) is 6.10 Å². The molecule has 0 spiro atoms. The summed E-state index contributed by atoms with van der Waals surface area (Å²) in [6.07, 6.45) is -0.964. The molecule has 8 heteroatoms. The highest BCUT2D eigenvalue weighted by Crippen LogP contribution is 2.48. The number of hydrogen-bond donors (Lipinski definition) is 0. The zero-order chi connectivity index (χ0) is 22.4. The minimum Gasteiger partial charge on any atom is -0.497 e. The molecule has 2 amide bonds. The van der Waals surface area contributed by atoms with E-state index in [2.05, 4.69) is 0 Å². The number of fused-ring (bicyclic) bond motifs is 1. The Bertz CT molecular complexity index is 1200. The van der Waals surface area contributed by atoms with E-state index < -0.39 is 24.0 Å². The lowest BCUT2D eigenvalue weighted by Gasteiger charge is -2.29. The number of amides is 2. The third-order valence-corrected chi connectivity index (χ3v) is 6.46. The van der Waals surface area contributed by atoms with Crippen molar-refractivity contribution >= 4 is 46.4 Å². The Morgan fingerprint density at radius 1 is 0.844 bits per heavy atom. The number of nitrogens with zero attached hydrogens (tertiary/aromatic N) is 2. The monoisotopic (exact) mass is 468 g/mol. The van der Waals surface area contributed by atoms with Crippen LogP contribution in [0.5, 0.6) is 5.75 Å². The summed E-state index contributed by atoms with van der Waals surface area (Å²) < 4.78 is 5.38. The molecular weight excluding hydrogens is 451 g/mol. The van der Waals surface area contributed by atoms with Crippen LogP contribution >= 0.6 is 23.2 Å². The second-order valence-electron chi connectivity index (χ2n) is 7.54. The molecule has 3 unspecified atom stereocenters. The molecule has 2 saturated heterocycles. The number of halogens is 2. The van der Waals surface area contributed by atoms with E-state index in [1.54, 1.807) is 24.3 Å². The fraction of sp³-hybridized carbons (Fsp3) is 0.167. The summed E-state index contributed by atoms with van der Waals surface area (Å²) in [5.41, 5.74) is 1.91. The molecule has 3 aromatic carbocycles. The largest absolute Gasteiger partial charge is 0.497 e. The van der Waals surface area contributed by atoms with Gasteiger partial charge >= 0.3 is 0 Å². The van der Waals surface area contributed by atoms with Crippen molar-refractivity contribution in [3.63, 3.8) is 0 Å². The summed E-state index contributed by atoms with van der Waals surface area (Å²) in [5, 5.41) is 2.25. The van der Waals surface area contributed by atoms with E-state index in [-0.39, 0.29) is 10.9 Å². The molecule has 6 nitrogen and oxygen atoms in total. The molecule has 0 N–H and O–H groups in total. The minimum atomic E-state index is -0.964. The van der Waals surface area contributed by atoms with Crippen molar-refractivity contribution in [2.75, 3.05) is 17.1 Å². The average molecular weight is 469 g/mol. The highest BCUT2D eigenvalue weighted by Gasteiger charge is 2.60. The van der Waals surface area contributed by atoms with Gasteiger partial charge in [0.1, 0.15) is 11.7 Å². The van der Waals surface area contributed by atoms with Crippen LogP contribution in [0.4, 0.5) is 11.4 Å². The van der Waals surface area contributed by atoms with Crippen LogP contribution < -0.4 is 14.7 Å². The zero-order valence-corrected chi connectivity index (χ0v) is 18.5. The summed E-state index contributed by atoms with van der Waals surface area (Å²) in [7, 11) is 1.58. The maximum absolute atomic E-state index is 13.6.